The summed E-state index contributed by atoms with van der Waals surface area (Å²) in [5.74, 6) is -0.391. The summed E-state index contributed by atoms with van der Waals surface area (Å²) >= 11 is 0. The Hall–Kier alpha value is -4.73. The van der Waals surface area contributed by atoms with Crippen LogP contribution in [0.3, 0.4) is 0 Å². The van der Waals surface area contributed by atoms with Crippen molar-refractivity contribution < 1.29 is 18.0 Å². The summed E-state index contributed by atoms with van der Waals surface area (Å²) in [4.78, 5) is 25.7. The second kappa shape index (κ2) is 9.05. The SMILES string of the molecule is Cc1ccc(C(=O)Nc2cc(-n3cnc(C)c3)cc(C(F)(F)F)c2)c(-c2ccc3nc(N)ncc3c2)c1. The first-order valence-electron chi connectivity index (χ1n) is 11.2. The Balaban J connectivity index is 1.55. The van der Waals surface area contributed by atoms with Crippen molar-refractivity contribution in [2.24, 2.45) is 0 Å². The molecule has 0 aliphatic heterocycles. The highest BCUT2D eigenvalue weighted by Gasteiger charge is 2.31. The minimum absolute atomic E-state index is 0.00934. The lowest BCUT2D eigenvalue weighted by atomic mass is 9.96. The van der Waals surface area contributed by atoms with E-state index in [2.05, 4.69) is 20.3 Å². The van der Waals surface area contributed by atoms with Crippen molar-refractivity contribution in [3.8, 4) is 16.8 Å². The standard InChI is InChI=1S/C27H21F3N6O/c1-15-3-5-22(23(7-15)17-4-6-24-18(8-17)12-32-26(31)35-24)25(37)34-20-9-19(27(28,29)30)10-21(11-20)36-13-16(2)33-14-36/h3-14H,1-2H3,(H,34,37)(H2,31,32,35). The fraction of sp³-hybridized carbons (Fsp3) is 0.111. The first-order valence-corrected chi connectivity index (χ1v) is 11.2. The lowest BCUT2D eigenvalue weighted by Crippen LogP contribution is -2.15. The van der Waals surface area contributed by atoms with Gasteiger partial charge < -0.3 is 15.6 Å². The number of nitrogens with one attached hydrogen (secondary N) is 1. The van der Waals surface area contributed by atoms with E-state index in [0.717, 1.165) is 28.6 Å². The van der Waals surface area contributed by atoms with Gasteiger partial charge in [-0.1, -0.05) is 23.8 Å². The molecule has 0 unspecified atom stereocenters. The van der Waals surface area contributed by atoms with Gasteiger partial charge >= 0.3 is 6.18 Å². The molecular weight excluding hydrogens is 481 g/mol. The summed E-state index contributed by atoms with van der Waals surface area (Å²) in [6.07, 6.45) is 0.0250. The molecule has 10 heteroatoms. The maximum absolute atomic E-state index is 13.7. The van der Waals surface area contributed by atoms with Gasteiger partial charge in [-0.3, -0.25) is 4.79 Å². The van der Waals surface area contributed by atoms with Gasteiger partial charge in [-0.2, -0.15) is 13.2 Å². The van der Waals surface area contributed by atoms with Crippen LogP contribution >= 0.6 is 0 Å². The van der Waals surface area contributed by atoms with Gasteiger partial charge in [0.1, 0.15) is 0 Å². The van der Waals surface area contributed by atoms with Gasteiger partial charge in [0.25, 0.3) is 5.91 Å². The zero-order chi connectivity index (χ0) is 26.3. The summed E-state index contributed by atoms with van der Waals surface area (Å²) in [6.45, 7) is 3.63. The number of carbonyl (C=O) groups excluding carboxylic acids is 1. The number of aryl methyl sites for hydroxylation is 2. The number of anilines is 2. The van der Waals surface area contributed by atoms with Gasteiger partial charge in [0.15, 0.2) is 0 Å². The van der Waals surface area contributed by atoms with Crippen molar-refractivity contribution in [3.63, 3.8) is 0 Å². The van der Waals surface area contributed by atoms with Gasteiger partial charge in [-0.25, -0.2) is 15.0 Å². The van der Waals surface area contributed by atoms with E-state index in [1.54, 1.807) is 37.5 Å². The van der Waals surface area contributed by atoms with Crippen LogP contribution in [0.15, 0.2) is 73.3 Å². The molecule has 0 aliphatic rings. The van der Waals surface area contributed by atoms with Crippen LogP contribution < -0.4 is 11.1 Å². The number of carbonyl (C=O) groups is 1. The quantitative estimate of drug-likeness (QED) is 0.316. The molecule has 186 valence electrons. The molecule has 0 spiro atoms. The number of fused-ring (bicyclic) bond motifs is 1. The van der Waals surface area contributed by atoms with Crippen LogP contribution in [0.5, 0.6) is 0 Å². The number of hydrogen-bond acceptors (Lipinski definition) is 5. The number of benzene rings is 3. The molecule has 1 amide bonds. The van der Waals surface area contributed by atoms with Crippen molar-refractivity contribution in [1.82, 2.24) is 19.5 Å². The van der Waals surface area contributed by atoms with Gasteiger partial charge in [0, 0.05) is 34.7 Å². The third-order valence-electron chi connectivity index (χ3n) is 5.84. The van der Waals surface area contributed by atoms with Crippen LogP contribution in [-0.4, -0.2) is 25.4 Å². The van der Waals surface area contributed by atoms with E-state index in [9.17, 15) is 18.0 Å². The van der Waals surface area contributed by atoms with Crippen molar-refractivity contribution in [3.05, 3.63) is 95.7 Å². The summed E-state index contributed by atoms with van der Waals surface area (Å²) in [5.41, 5.74) is 8.89. The molecule has 5 aromatic rings. The van der Waals surface area contributed by atoms with Crippen LogP contribution in [0.1, 0.15) is 27.2 Å². The van der Waals surface area contributed by atoms with E-state index in [4.69, 9.17) is 5.73 Å². The van der Waals surface area contributed by atoms with Crippen LogP contribution in [0.2, 0.25) is 0 Å². The Morgan fingerprint density at radius 3 is 2.54 bits per heavy atom. The van der Waals surface area contributed by atoms with Crippen LogP contribution in [-0.2, 0) is 6.18 Å². The minimum atomic E-state index is -4.60. The minimum Gasteiger partial charge on any atom is -0.368 e. The van der Waals surface area contributed by atoms with Crippen LogP contribution in [0.4, 0.5) is 24.8 Å². The molecule has 0 fully saturated rings. The number of nitrogens with zero attached hydrogens (tertiary/aromatic N) is 4. The lowest BCUT2D eigenvalue weighted by Gasteiger charge is -2.15. The molecular formula is C27H21F3N6O. The number of hydrogen-bond donors (Lipinski definition) is 2. The van der Waals surface area contributed by atoms with Crippen molar-refractivity contribution >= 4 is 28.4 Å². The molecule has 5 rings (SSSR count). The average molecular weight is 503 g/mol. The lowest BCUT2D eigenvalue weighted by molar-refractivity contribution is -0.137. The predicted octanol–water partition coefficient (Wildman–Crippen LogP) is 5.95. The number of alkyl halides is 3. The number of nitrogen functional groups attached to an aromatic ring is 1. The Kier molecular flexibility index (Phi) is 5.87. The summed E-state index contributed by atoms with van der Waals surface area (Å²) in [5, 5.41) is 3.38. The summed E-state index contributed by atoms with van der Waals surface area (Å²) in [6, 6.07) is 14.1. The topological polar surface area (TPSA) is 98.7 Å². The third kappa shape index (κ3) is 4.99. The van der Waals surface area contributed by atoms with Crippen LogP contribution in [0.25, 0.3) is 27.7 Å². The Bertz CT molecular complexity index is 1660. The molecule has 0 saturated heterocycles. The molecule has 2 aromatic heterocycles. The number of imidazole rings is 1. The zero-order valence-electron chi connectivity index (χ0n) is 19.8. The number of rotatable bonds is 4. The monoisotopic (exact) mass is 502 g/mol. The van der Waals surface area contributed by atoms with E-state index >= 15 is 0 Å². The number of nitrogens with two attached hydrogens (primary N) is 1. The van der Waals surface area contributed by atoms with Crippen molar-refractivity contribution in [2.75, 3.05) is 11.1 Å². The van der Waals surface area contributed by atoms with E-state index < -0.39 is 17.6 Å². The van der Waals surface area contributed by atoms with E-state index in [0.29, 0.717) is 22.3 Å². The molecule has 3 aromatic carbocycles. The molecule has 0 radical (unpaired) electrons. The Morgan fingerprint density at radius 1 is 1.00 bits per heavy atom. The maximum atomic E-state index is 13.7. The summed E-state index contributed by atoms with van der Waals surface area (Å²) < 4.78 is 42.4. The zero-order valence-corrected chi connectivity index (χ0v) is 19.8. The number of amides is 1. The van der Waals surface area contributed by atoms with Gasteiger partial charge in [-0.05, 0) is 61.4 Å². The van der Waals surface area contributed by atoms with E-state index in [1.165, 1.54) is 17.0 Å². The highest BCUT2D eigenvalue weighted by atomic mass is 19.4. The molecule has 37 heavy (non-hydrogen) atoms. The fourth-order valence-corrected chi connectivity index (χ4v) is 4.07. The molecule has 0 saturated carbocycles. The second-order valence-corrected chi connectivity index (χ2v) is 8.69. The molecule has 2 heterocycles. The molecule has 0 atom stereocenters. The maximum Gasteiger partial charge on any atom is 0.416 e. The Labute approximate surface area is 209 Å². The number of aromatic nitrogens is 4. The molecule has 3 N–H and O–H groups in total. The third-order valence-corrected chi connectivity index (χ3v) is 5.84. The van der Waals surface area contributed by atoms with Gasteiger partial charge in [-0.15, -0.1) is 0 Å². The fourth-order valence-electron chi connectivity index (χ4n) is 4.07. The smallest absolute Gasteiger partial charge is 0.368 e. The Morgan fingerprint density at radius 2 is 1.81 bits per heavy atom. The summed E-state index contributed by atoms with van der Waals surface area (Å²) in [7, 11) is 0. The molecule has 7 nitrogen and oxygen atoms in total. The second-order valence-electron chi connectivity index (χ2n) is 8.69. The van der Waals surface area contributed by atoms with Gasteiger partial charge in [0.2, 0.25) is 5.95 Å². The highest BCUT2D eigenvalue weighted by molar-refractivity contribution is 6.09. The van der Waals surface area contributed by atoms with Crippen LogP contribution in [0, 0.1) is 13.8 Å². The van der Waals surface area contributed by atoms with Crippen molar-refractivity contribution in [2.45, 2.75) is 20.0 Å². The highest BCUT2D eigenvalue weighted by Crippen LogP contribution is 2.34. The first kappa shape index (κ1) is 24.0. The normalized spacial score (nSPS) is 11.6. The molecule has 0 aliphatic carbocycles. The largest absolute Gasteiger partial charge is 0.416 e. The number of halogens is 3. The molecule has 0 bridgehead atoms. The average Bonchev–Trinajstić information content (AvgIpc) is 3.29. The first-order chi connectivity index (χ1) is 17.6. The van der Waals surface area contributed by atoms with Gasteiger partial charge in [0.05, 0.1) is 23.1 Å². The predicted molar refractivity (Wildman–Crippen MR) is 135 cm³/mol. The van der Waals surface area contributed by atoms with E-state index in [-0.39, 0.29) is 17.3 Å². The van der Waals surface area contributed by atoms with E-state index in [1.807, 2.05) is 25.1 Å². The van der Waals surface area contributed by atoms with Crippen molar-refractivity contribution in [1.29, 1.82) is 0 Å².